The number of amides is 2. The second kappa shape index (κ2) is 19.8. The summed E-state index contributed by atoms with van der Waals surface area (Å²) >= 11 is 0. The topological polar surface area (TPSA) is 187 Å². The van der Waals surface area contributed by atoms with Crippen LogP contribution in [0.15, 0.2) is 72.8 Å². The number of aliphatic carboxylic acids is 2. The Kier molecular flexibility index (Phi) is 15.8. The van der Waals surface area contributed by atoms with Crippen LogP contribution in [0, 0.1) is 18.6 Å². The third kappa shape index (κ3) is 14.3. The number of carbonyl (C=O) groups is 4. The van der Waals surface area contributed by atoms with Crippen LogP contribution in [0.5, 0.6) is 5.75 Å². The van der Waals surface area contributed by atoms with Gasteiger partial charge in [0.1, 0.15) is 24.0 Å². The van der Waals surface area contributed by atoms with Crippen LogP contribution < -0.4 is 20.9 Å². The second-order valence-electron chi connectivity index (χ2n) is 12.7. The van der Waals surface area contributed by atoms with Crippen molar-refractivity contribution >= 4 is 34.7 Å². The molecule has 0 aliphatic heterocycles. The summed E-state index contributed by atoms with van der Waals surface area (Å²) in [5.41, 5.74) is 4.41. The first kappa shape index (κ1) is 45.5. The van der Waals surface area contributed by atoms with Crippen molar-refractivity contribution in [3.8, 4) is 5.75 Å². The minimum Gasteiger partial charge on any atom is -0.489 e. The molecule has 3 aromatic carbocycles. The molecular formula is C37H36F8N4O8. The van der Waals surface area contributed by atoms with Crippen LogP contribution >= 0.6 is 0 Å². The van der Waals surface area contributed by atoms with Crippen molar-refractivity contribution in [1.29, 1.82) is 0 Å². The molecule has 20 heteroatoms. The summed E-state index contributed by atoms with van der Waals surface area (Å²) in [6, 6.07) is 20.2. The van der Waals surface area contributed by atoms with Crippen LogP contribution in [0.2, 0.25) is 0 Å². The van der Waals surface area contributed by atoms with Gasteiger partial charge in [-0.2, -0.15) is 26.3 Å². The first-order chi connectivity index (χ1) is 26.6. The number of aromatic nitrogens is 1. The molecule has 6 N–H and O–H groups in total. The number of pyridine rings is 1. The molecule has 0 unspecified atom stereocenters. The molecule has 12 nitrogen and oxygen atoms in total. The maximum Gasteiger partial charge on any atom is 0.490 e. The summed E-state index contributed by atoms with van der Waals surface area (Å²) in [7, 11) is 0. The van der Waals surface area contributed by atoms with Crippen molar-refractivity contribution in [2.75, 3.05) is 0 Å². The Labute approximate surface area is 318 Å². The number of carbonyl (C=O) groups excluding carboxylic acids is 2. The molecule has 0 saturated heterocycles. The quantitative estimate of drug-likeness (QED) is 0.0567. The zero-order valence-corrected chi connectivity index (χ0v) is 29.8. The maximum atomic E-state index is 14.0. The number of fused-ring (bicyclic) bond motifs is 1. The third-order valence-electron chi connectivity index (χ3n) is 8.47. The van der Waals surface area contributed by atoms with Crippen LogP contribution in [0.1, 0.15) is 59.3 Å². The molecule has 1 aliphatic carbocycles. The number of rotatable bonds is 10. The molecule has 308 valence electrons. The van der Waals surface area contributed by atoms with E-state index in [1.807, 2.05) is 37.3 Å². The van der Waals surface area contributed by atoms with E-state index >= 15 is 0 Å². The van der Waals surface area contributed by atoms with Gasteiger partial charge in [0.25, 0.3) is 5.91 Å². The predicted octanol–water partition coefficient (Wildman–Crippen LogP) is 6.76. The number of hydrogen-bond acceptors (Lipinski definition) is 8. The van der Waals surface area contributed by atoms with E-state index in [0.29, 0.717) is 49.2 Å². The zero-order chi connectivity index (χ0) is 42.6. The normalized spacial score (nSPS) is 16.6. The summed E-state index contributed by atoms with van der Waals surface area (Å²) in [5, 5.41) is 30.8. The number of carboxylic acids is 2. The van der Waals surface area contributed by atoms with Gasteiger partial charge in [0.05, 0.1) is 11.9 Å². The van der Waals surface area contributed by atoms with Gasteiger partial charge in [-0.25, -0.2) is 23.9 Å². The largest absolute Gasteiger partial charge is 0.490 e. The zero-order valence-electron chi connectivity index (χ0n) is 29.8. The van der Waals surface area contributed by atoms with Crippen molar-refractivity contribution in [3.63, 3.8) is 0 Å². The van der Waals surface area contributed by atoms with Gasteiger partial charge in [0, 0.05) is 52.0 Å². The van der Waals surface area contributed by atoms with Crippen molar-refractivity contribution in [2.45, 2.75) is 76.1 Å². The first-order valence-electron chi connectivity index (χ1n) is 16.7. The lowest BCUT2D eigenvalue weighted by molar-refractivity contribution is -0.193. The fourth-order valence-electron chi connectivity index (χ4n) is 5.68. The molecule has 4 aromatic rings. The third-order valence-corrected chi connectivity index (χ3v) is 8.47. The van der Waals surface area contributed by atoms with Gasteiger partial charge in [-0.05, 0) is 75.1 Å². The Hall–Kier alpha value is -5.89. The highest BCUT2D eigenvalue weighted by Gasteiger charge is 2.40. The average molecular weight is 817 g/mol. The second-order valence-corrected chi connectivity index (χ2v) is 12.7. The fourth-order valence-corrected chi connectivity index (χ4v) is 5.68. The van der Waals surface area contributed by atoms with E-state index < -0.39 is 47.4 Å². The number of hydroxylamine groups is 1. The lowest BCUT2D eigenvalue weighted by Gasteiger charge is -2.40. The molecule has 1 saturated carbocycles. The lowest BCUT2D eigenvalue weighted by atomic mass is 9.76. The summed E-state index contributed by atoms with van der Waals surface area (Å²) in [6.45, 7) is 2.52. The van der Waals surface area contributed by atoms with Crippen molar-refractivity contribution in [3.05, 3.63) is 107 Å². The summed E-state index contributed by atoms with van der Waals surface area (Å²) in [4.78, 5) is 47.8. The number of nitrogens with one attached hydrogen (secondary N) is 3. The Balaban J connectivity index is 0.000000531. The van der Waals surface area contributed by atoms with Gasteiger partial charge >= 0.3 is 24.3 Å². The number of nitrogens with zero attached hydrogens (tertiary/aromatic N) is 1. The number of benzene rings is 3. The van der Waals surface area contributed by atoms with Gasteiger partial charge in [-0.1, -0.05) is 24.3 Å². The summed E-state index contributed by atoms with van der Waals surface area (Å²) in [5.74, 6) is -7.08. The molecule has 0 atom stereocenters. The number of halogens is 8. The number of para-hydroxylation sites is 1. The minimum absolute atomic E-state index is 0.0180. The van der Waals surface area contributed by atoms with E-state index in [9.17, 15) is 49.9 Å². The van der Waals surface area contributed by atoms with E-state index in [1.165, 1.54) is 12.1 Å². The monoisotopic (exact) mass is 816 g/mol. The van der Waals surface area contributed by atoms with Crippen LogP contribution in [0.25, 0.3) is 10.9 Å². The van der Waals surface area contributed by atoms with Crippen molar-refractivity contribution in [1.82, 2.24) is 21.1 Å². The molecule has 1 aromatic heterocycles. The van der Waals surface area contributed by atoms with Crippen LogP contribution in [-0.4, -0.2) is 68.1 Å². The standard InChI is InChI=1S/C33H34F2N4O4.2C2HF3O2/c1-21-16-24(28-4-2-3-5-30(28)37-21)20-43-27-10-7-22(8-11-27)32(41)38-33(18-31(40)39-42)14-12-26(13-15-33)36-19-23-6-9-25(34)17-29(23)35;2*3-2(4,5)1(6)7/h2-11,16-17,26,36,42H,12-15,18-20H2,1H3,(H,38,41)(H,39,40);2*(H,6,7)/t26-,33+;;. The first-order valence-corrected chi connectivity index (χ1v) is 16.7. The Morgan fingerprint density at radius 3 is 1.96 bits per heavy atom. The summed E-state index contributed by atoms with van der Waals surface area (Å²) in [6.07, 6.45) is -8.10. The van der Waals surface area contributed by atoms with Crippen LogP contribution in [0.3, 0.4) is 0 Å². The number of hydrogen-bond donors (Lipinski definition) is 6. The minimum atomic E-state index is -5.08. The highest BCUT2D eigenvalue weighted by atomic mass is 19.4. The summed E-state index contributed by atoms with van der Waals surface area (Å²) < 4.78 is 96.7. The van der Waals surface area contributed by atoms with E-state index in [4.69, 9.17) is 24.5 Å². The van der Waals surface area contributed by atoms with Crippen LogP contribution in [0.4, 0.5) is 35.1 Å². The number of ether oxygens (including phenoxy) is 1. The van der Waals surface area contributed by atoms with Crippen LogP contribution in [-0.2, 0) is 27.5 Å². The van der Waals surface area contributed by atoms with Gasteiger partial charge in [-0.15, -0.1) is 0 Å². The highest BCUT2D eigenvalue weighted by Crippen LogP contribution is 2.32. The smallest absolute Gasteiger partial charge is 0.489 e. The molecule has 1 fully saturated rings. The molecule has 57 heavy (non-hydrogen) atoms. The Bertz CT molecular complexity index is 2000. The predicted molar refractivity (Wildman–Crippen MR) is 185 cm³/mol. The number of alkyl halides is 6. The van der Waals surface area contributed by atoms with Crippen molar-refractivity contribution < 1.29 is 74.5 Å². The molecule has 1 heterocycles. The van der Waals surface area contributed by atoms with Gasteiger partial charge in [0.2, 0.25) is 5.91 Å². The molecular weight excluding hydrogens is 780 g/mol. The fraction of sp³-hybridized carbons (Fsp3) is 0.324. The number of carboxylic acid groups (broad SMARTS) is 2. The molecule has 0 spiro atoms. The Morgan fingerprint density at radius 2 is 1.42 bits per heavy atom. The van der Waals surface area contributed by atoms with E-state index in [0.717, 1.165) is 28.2 Å². The molecule has 2 amide bonds. The van der Waals surface area contributed by atoms with Gasteiger partial charge in [-0.3, -0.25) is 19.8 Å². The van der Waals surface area contributed by atoms with E-state index in [1.54, 1.807) is 29.7 Å². The van der Waals surface area contributed by atoms with Gasteiger partial charge < -0.3 is 25.6 Å². The van der Waals surface area contributed by atoms with Gasteiger partial charge in [0.15, 0.2) is 0 Å². The van der Waals surface area contributed by atoms with Crippen molar-refractivity contribution in [2.24, 2.45) is 0 Å². The van der Waals surface area contributed by atoms with E-state index in [2.05, 4.69) is 15.6 Å². The lowest BCUT2D eigenvalue weighted by Crippen LogP contribution is -2.54. The molecule has 1 aliphatic rings. The molecule has 0 radical (unpaired) electrons. The molecule has 5 rings (SSSR count). The number of aryl methyl sites for hydroxylation is 1. The van der Waals surface area contributed by atoms with E-state index in [-0.39, 0.29) is 24.9 Å². The average Bonchev–Trinajstić information content (AvgIpc) is 3.14. The SMILES string of the molecule is Cc1cc(COc2ccc(C(=O)N[C@]3(CC(=O)NO)CC[C@H](NCc4ccc(F)cc4F)CC3)cc2)c2ccccc2n1.O=C(O)C(F)(F)F.O=C(O)C(F)(F)F. The molecule has 0 bridgehead atoms. The maximum absolute atomic E-state index is 14.0. The Morgan fingerprint density at radius 1 is 0.842 bits per heavy atom. The highest BCUT2D eigenvalue weighted by molar-refractivity contribution is 5.95.